The Morgan fingerprint density at radius 3 is 2.52 bits per heavy atom. The van der Waals surface area contributed by atoms with Crippen LogP contribution >= 0.6 is 0 Å². The fraction of sp³-hybridized carbons (Fsp3) is 0.500. The number of nitrogens with one attached hydrogen (secondary N) is 1. The topological polar surface area (TPSA) is 75.4 Å². The lowest BCUT2D eigenvalue weighted by atomic mass is 9.93. The molecule has 1 saturated heterocycles. The Kier molecular flexibility index (Phi) is 4.75. The first-order valence-electron chi connectivity index (χ1n) is 7.35. The van der Waals surface area contributed by atoms with E-state index in [0.717, 1.165) is 12.0 Å². The zero-order valence-corrected chi connectivity index (χ0v) is 12.8. The van der Waals surface area contributed by atoms with Crippen molar-refractivity contribution < 1.29 is 9.59 Å². The van der Waals surface area contributed by atoms with Crippen molar-refractivity contribution >= 4 is 11.8 Å². The Morgan fingerprint density at radius 2 is 1.95 bits per heavy atom. The number of rotatable bonds is 4. The third-order valence-electron chi connectivity index (χ3n) is 4.12. The molecule has 2 amide bonds. The van der Waals surface area contributed by atoms with Crippen LogP contribution in [0.15, 0.2) is 24.3 Å². The first kappa shape index (κ1) is 15.7. The maximum absolute atomic E-state index is 11.9. The van der Waals surface area contributed by atoms with Crippen LogP contribution in [0.1, 0.15) is 37.4 Å². The summed E-state index contributed by atoms with van der Waals surface area (Å²) in [7, 11) is 0. The highest BCUT2D eigenvalue weighted by Crippen LogP contribution is 2.28. The van der Waals surface area contributed by atoms with Crippen LogP contribution in [0.4, 0.5) is 0 Å². The van der Waals surface area contributed by atoms with E-state index in [1.165, 1.54) is 5.56 Å². The number of amides is 2. The largest absolute Gasteiger partial charge is 0.326 e. The van der Waals surface area contributed by atoms with E-state index < -0.39 is 0 Å². The minimum atomic E-state index is -0.369. The summed E-state index contributed by atoms with van der Waals surface area (Å²) in [6, 6.07) is 7.47. The highest BCUT2D eigenvalue weighted by Gasteiger charge is 2.37. The molecule has 114 valence electrons. The number of piperazine rings is 1. The second kappa shape index (κ2) is 6.37. The Hall–Kier alpha value is -1.72. The molecule has 1 aliphatic heterocycles. The van der Waals surface area contributed by atoms with Crippen molar-refractivity contribution in [3.63, 3.8) is 0 Å². The summed E-state index contributed by atoms with van der Waals surface area (Å²) in [4.78, 5) is 25.5. The number of carbonyl (C=O) groups is 2. The van der Waals surface area contributed by atoms with E-state index in [0.29, 0.717) is 0 Å². The highest BCUT2D eigenvalue weighted by atomic mass is 16.2. The van der Waals surface area contributed by atoms with Crippen LogP contribution in [0.25, 0.3) is 0 Å². The van der Waals surface area contributed by atoms with Crippen LogP contribution in [0.5, 0.6) is 0 Å². The van der Waals surface area contributed by atoms with E-state index in [1.54, 1.807) is 0 Å². The summed E-state index contributed by atoms with van der Waals surface area (Å²) in [6.07, 6.45) is 0.775. The predicted molar refractivity (Wildman–Crippen MR) is 81.5 cm³/mol. The van der Waals surface area contributed by atoms with Crippen molar-refractivity contribution in [3.8, 4) is 0 Å². The van der Waals surface area contributed by atoms with Gasteiger partial charge in [-0.15, -0.1) is 0 Å². The third-order valence-corrected chi connectivity index (χ3v) is 4.12. The number of benzene rings is 1. The Balaban J connectivity index is 2.37. The fourth-order valence-corrected chi connectivity index (χ4v) is 2.75. The Labute approximate surface area is 125 Å². The van der Waals surface area contributed by atoms with E-state index in [2.05, 4.69) is 5.32 Å². The lowest BCUT2D eigenvalue weighted by Crippen LogP contribution is -2.59. The average Bonchev–Trinajstić information content (AvgIpc) is 2.46. The van der Waals surface area contributed by atoms with Gasteiger partial charge >= 0.3 is 0 Å². The van der Waals surface area contributed by atoms with E-state index in [4.69, 9.17) is 5.73 Å². The third kappa shape index (κ3) is 3.31. The molecule has 3 atom stereocenters. The molecule has 1 fully saturated rings. The molecule has 2 rings (SSSR count). The Bertz CT molecular complexity index is 527. The minimum absolute atomic E-state index is 0.131. The van der Waals surface area contributed by atoms with Crippen molar-refractivity contribution in [1.82, 2.24) is 10.2 Å². The van der Waals surface area contributed by atoms with Gasteiger partial charge in [0.15, 0.2) is 0 Å². The van der Waals surface area contributed by atoms with Gasteiger partial charge in [0.25, 0.3) is 0 Å². The molecule has 1 aromatic carbocycles. The summed E-state index contributed by atoms with van der Waals surface area (Å²) in [6.45, 7) is 6.05. The number of aryl methyl sites for hydroxylation is 1. The van der Waals surface area contributed by atoms with E-state index in [9.17, 15) is 9.59 Å². The molecule has 5 nitrogen and oxygen atoms in total. The van der Waals surface area contributed by atoms with Crippen molar-refractivity contribution in [2.75, 3.05) is 6.54 Å². The van der Waals surface area contributed by atoms with Crippen molar-refractivity contribution in [1.29, 1.82) is 0 Å². The molecule has 3 N–H and O–H groups in total. The summed E-state index contributed by atoms with van der Waals surface area (Å²) >= 11 is 0. The van der Waals surface area contributed by atoms with Crippen LogP contribution in [-0.2, 0) is 9.59 Å². The van der Waals surface area contributed by atoms with Gasteiger partial charge in [-0.1, -0.05) is 36.8 Å². The molecule has 0 aromatic heterocycles. The van der Waals surface area contributed by atoms with Gasteiger partial charge in [-0.3, -0.25) is 19.8 Å². The number of carbonyl (C=O) groups excluding carboxylic acids is 2. The molecular weight excluding hydrogens is 266 g/mol. The van der Waals surface area contributed by atoms with E-state index in [-0.39, 0.29) is 36.5 Å². The molecule has 1 heterocycles. The van der Waals surface area contributed by atoms with Gasteiger partial charge in [0.05, 0.1) is 18.6 Å². The summed E-state index contributed by atoms with van der Waals surface area (Å²) in [5.74, 6) is -0.523. The molecule has 5 heteroatoms. The molecule has 1 aliphatic rings. The van der Waals surface area contributed by atoms with E-state index >= 15 is 0 Å². The normalized spacial score (nSPS) is 22.8. The molecule has 1 aromatic rings. The zero-order valence-electron chi connectivity index (χ0n) is 12.8. The van der Waals surface area contributed by atoms with Crippen molar-refractivity contribution in [3.05, 3.63) is 35.4 Å². The molecule has 0 spiro atoms. The lowest BCUT2D eigenvalue weighted by Gasteiger charge is -2.40. The fourth-order valence-electron chi connectivity index (χ4n) is 2.75. The van der Waals surface area contributed by atoms with Gasteiger partial charge in [-0.25, -0.2) is 0 Å². The predicted octanol–water partition coefficient (Wildman–Crippen LogP) is 1.12. The zero-order chi connectivity index (χ0) is 15.6. The quantitative estimate of drug-likeness (QED) is 0.815. The number of imide groups is 1. The standard InChI is InChI=1S/C16H23N3O2/c1-4-13(17)15(12-7-5-10(2)6-8-12)19-9-14(20)18-16(21)11(19)3/h5-8,11,13,15H,4,9,17H2,1-3H3,(H,18,20,21). The van der Waals surface area contributed by atoms with Gasteiger partial charge in [-0.05, 0) is 25.8 Å². The van der Waals surface area contributed by atoms with Crippen molar-refractivity contribution in [2.45, 2.75) is 45.3 Å². The first-order valence-corrected chi connectivity index (χ1v) is 7.35. The van der Waals surface area contributed by atoms with Gasteiger partial charge in [-0.2, -0.15) is 0 Å². The van der Waals surface area contributed by atoms with Crippen LogP contribution in [0, 0.1) is 6.92 Å². The average molecular weight is 289 g/mol. The lowest BCUT2D eigenvalue weighted by molar-refractivity contribution is -0.141. The summed E-state index contributed by atoms with van der Waals surface area (Å²) < 4.78 is 0. The number of hydrogen-bond donors (Lipinski definition) is 2. The highest BCUT2D eigenvalue weighted by molar-refractivity contribution is 6.00. The maximum atomic E-state index is 11.9. The molecular formula is C16H23N3O2. The van der Waals surface area contributed by atoms with Crippen LogP contribution < -0.4 is 11.1 Å². The maximum Gasteiger partial charge on any atom is 0.243 e. The molecule has 0 bridgehead atoms. The van der Waals surface area contributed by atoms with Gasteiger partial charge in [0.2, 0.25) is 11.8 Å². The molecule has 0 aliphatic carbocycles. The molecule has 0 radical (unpaired) electrons. The summed E-state index contributed by atoms with van der Waals surface area (Å²) in [5.41, 5.74) is 8.50. The van der Waals surface area contributed by atoms with Crippen molar-refractivity contribution in [2.24, 2.45) is 5.73 Å². The first-order chi connectivity index (χ1) is 9.93. The minimum Gasteiger partial charge on any atom is -0.326 e. The number of hydrogen-bond acceptors (Lipinski definition) is 4. The SMILES string of the molecule is CCC(N)C(c1ccc(C)cc1)N1CC(=O)NC(=O)C1C. The van der Waals surface area contributed by atoms with Crippen LogP contribution in [0.3, 0.4) is 0 Å². The summed E-state index contributed by atoms with van der Waals surface area (Å²) in [5, 5.41) is 2.37. The van der Waals surface area contributed by atoms with E-state index in [1.807, 2.05) is 49.9 Å². The molecule has 0 saturated carbocycles. The monoisotopic (exact) mass is 289 g/mol. The Morgan fingerprint density at radius 1 is 1.33 bits per heavy atom. The van der Waals surface area contributed by atoms with Gasteiger partial charge in [0.1, 0.15) is 0 Å². The van der Waals surface area contributed by atoms with Crippen LogP contribution in [-0.4, -0.2) is 35.3 Å². The molecule has 3 unspecified atom stereocenters. The smallest absolute Gasteiger partial charge is 0.243 e. The molecule has 21 heavy (non-hydrogen) atoms. The van der Waals surface area contributed by atoms with Gasteiger partial charge in [0, 0.05) is 6.04 Å². The van der Waals surface area contributed by atoms with Crippen LogP contribution in [0.2, 0.25) is 0 Å². The number of nitrogens with zero attached hydrogens (tertiary/aromatic N) is 1. The number of nitrogens with two attached hydrogens (primary N) is 1. The van der Waals surface area contributed by atoms with Gasteiger partial charge < -0.3 is 5.73 Å². The second-order valence-corrected chi connectivity index (χ2v) is 5.69. The second-order valence-electron chi connectivity index (χ2n) is 5.69.